The second-order valence-corrected chi connectivity index (χ2v) is 5.76. The second-order valence-electron chi connectivity index (χ2n) is 5.76. The van der Waals surface area contributed by atoms with Crippen molar-refractivity contribution < 1.29 is 4.79 Å². The lowest BCUT2D eigenvalue weighted by atomic mass is 10.2. The molecule has 0 aliphatic heterocycles. The molecule has 1 amide bonds. The smallest absolute Gasteiger partial charge is 0.273 e. The predicted molar refractivity (Wildman–Crippen MR) is 105 cm³/mol. The van der Waals surface area contributed by atoms with Crippen LogP contribution in [-0.4, -0.2) is 25.7 Å². The van der Waals surface area contributed by atoms with E-state index in [-0.39, 0.29) is 5.91 Å². The first kappa shape index (κ1) is 17.4. The molecule has 6 heteroatoms. The number of benzene rings is 1. The normalized spacial score (nSPS) is 12.5. The van der Waals surface area contributed by atoms with Gasteiger partial charge in [0.2, 0.25) is 0 Å². The Balaban J connectivity index is 1.90. The molecule has 0 aliphatic rings. The number of aryl methyl sites for hydroxylation is 1. The van der Waals surface area contributed by atoms with Crippen molar-refractivity contribution in [1.29, 1.82) is 0 Å². The average molecular weight is 347 g/mol. The van der Waals surface area contributed by atoms with Crippen molar-refractivity contribution >= 4 is 28.2 Å². The fourth-order valence-electron chi connectivity index (χ4n) is 2.61. The van der Waals surface area contributed by atoms with Crippen molar-refractivity contribution in [3.63, 3.8) is 0 Å². The Labute approximate surface area is 151 Å². The molecule has 3 rings (SSSR count). The highest BCUT2D eigenvalue weighted by Crippen LogP contribution is 2.22. The molecule has 0 spiro atoms. The van der Waals surface area contributed by atoms with Crippen molar-refractivity contribution in [2.24, 2.45) is 7.05 Å². The van der Waals surface area contributed by atoms with Crippen LogP contribution in [0.15, 0.2) is 60.8 Å². The van der Waals surface area contributed by atoms with Crippen molar-refractivity contribution in [3.05, 3.63) is 72.4 Å². The molecule has 132 valence electrons. The van der Waals surface area contributed by atoms with Crippen LogP contribution in [0.3, 0.4) is 0 Å². The Bertz CT molecular complexity index is 1020. The summed E-state index contributed by atoms with van der Waals surface area (Å²) in [5, 5.41) is 6.90. The summed E-state index contributed by atoms with van der Waals surface area (Å²) in [6.07, 6.45) is 11.5. The largest absolute Gasteiger partial charge is 0.338 e. The lowest BCUT2D eigenvalue weighted by Crippen LogP contribution is -2.15. The minimum absolute atomic E-state index is 0.202. The monoisotopic (exact) mass is 347 g/mol. The van der Waals surface area contributed by atoms with E-state index in [0.717, 1.165) is 22.4 Å². The minimum atomic E-state index is -0.202. The number of anilines is 1. The third-order valence-corrected chi connectivity index (χ3v) is 3.88. The maximum Gasteiger partial charge on any atom is 0.273 e. The zero-order chi connectivity index (χ0) is 18.5. The van der Waals surface area contributed by atoms with E-state index in [1.54, 1.807) is 19.3 Å². The molecule has 0 bridgehead atoms. The first-order valence-corrected chi connectivity index (χ1v) is 8.37. The first-order valence-electron chi connectivity index (χ1n) is 8.37. The molecule has 0 saturated heterocycles. The molecule has 6 nitrogen and oxygen atoms in total. The number of nitrogens with one attached hydrogen (secondary N) is 2. The zero-order valence-electron chi connectivity index (χ0n) is 15.0. The number of carbonyl (C=O) groups is 1. The highest BCUT2D eigenvalue weighted by molar-refractivity contribution is 6.03. The quantitative estimate of drug-likeness (QED) is 0.683. The maximum atomic E-state index is 12.3. The Morgan fingerprint density at radius 2 is 2.08 bits per heavy atom. The van der Waals surface area contributed by atoms with Gasteiger partial charge in [-0.3, -0.25) is 9.48 Å². The maximum absolute atomic E-state index is 12.3. The number of rotatable bonds is 5. The number of hydrogen-bond donors (Lipinski definition) is 2. The van der Waals surface area contributed by atoms with Gasteiger partial charge < -0.3 is 10.3 Å². The van der Waals surface area contributed by atoms with Gasteiger partial charge in [0.05, 0.1) is 11.0 Å². The number of hydrogen-bond acceptors (Lipinski definition) is 3. The van der Waals surface area contributed by atoms with Crippen LogP contribution in [0.2, 0.25) is 0 Å². The summed E-state index contributed by atoms with van der Waals surface area (Å²) in [7, 11) is 1.74. The molecule has 26 heavy (non-hydrogen) atoms. The van der Waals surface area contributed by atoms with E-state index in [2.05, 4.69) is 20.4 Å². The van der Waals surface area contributed by atoms with Crippen molar-refractivity contribution in [2.75, 3.05) is 5.32 Å². The summed E-state index contributed by atoms with van der Waals surface area (Å²) in [5.74, 6) is 0.581. The topological polar surface area (TPSA) is 75.6 Å². The Morgan fingerprint density at radius 3 is 2.77 bits per heavy atom. The van der Waals surface area contributed by atoms with Crippen LogP contribution in [0.5, 0.6) is 0 Å². The third kappa shape index (κ3) is 3.64. The molecule has 0 saturated carbocycles. The number of aromatic amines is 1. The van der Waals surface area contributed by atoms with Crippen LogP contribution in [0.1, 0.15) is 30.2 Å². The highest BCUT2D eigenvalue weighted by atomic mass is 16.2. The number of nitrogens with zero attached hydrogens (tertiary/aromatic N) is 3. The second kappa shape index (κ2) is 7.65. The fraction of sp³-hybridized carbons (Fsp3) is 0.150. The van der Waals surface area contributed by atoms with Crippen molar-refractivity contribution in [2.45, 2.75) is 13.8 Å². The number of H-pyrrole nitrogens is 1. The van der Waals surface area contributed by atoms with Crippen LogP contribution >= 0.6 is 0 Å². The van der Waals surface area contributed by atoms with Crippen LogP contribution < -0.4 is 5.32 Å². The molecule has 2 N–H and O–H groups in total. The summed E-state index contributed by atoms with van der Waals surface area (Å²) < 4.78 is 1.54. The molecule has 0 fully saturated rings. The number of imidazole rings is 1. The molecule has 2 aromatic heterocycles. The van der Waals surface area contributed by atoms with Crippen LogP contribution in [-0.2, 0) is 7.05 Å². The number of carbonyl (C=O) groups excluding carboxylic acids is 1. The van der Waals surface area contributed by atoms with Gasteiger partial charge in [0.15, 0.2) is 0 Å². The van der Waals surface area contributed by atoms with Gasteiger partial charge in [-0.05, 0) is 38.1 Å². The van der Waals surface area contributed by atoms with Gasteiger partial charge in [0.1, 0.15) is 11.5 Å². The van der Waals surface area contributed by atoms with Crippen molar-refractivity contribution in [1.82, 2.24) is 19.7 Å². The molecule has 0 unspecified atom stereocenters. The number of amides is 1. The van der Waals surface area contributed by atoms with E-state index in [4.69, 9.17) is 0 Å². The van der Waals surface area contributed by atoms with E-state index >= 15 is 0 Å². The fourth-order valence-corrected chi connectivity index (χ4v) is 2.61. The number of fused-ring (bicyclic) bond motifs is 1. The Kier molecular flexibility index (Phi) is 5.12. The molecular weight excluding hydrogens is 326 g/mol. The van der Waals surface area contributed by atoms with Gasteiger partial charge in [-0.2, -0.15) is 5.10 Å². The molecular formula is C20H21N5O. The summed E-state index contributed by atoms with van der Waals surface area (Å²) in [6, 6.07) is 7.28. The zero-order valence-corrected chi connectivity index (χ0v) is 15.0. The van der Waals surface area contributed by atoms with E-state index in [1.807, 2.05) is 62.4 Å². The summed E-state index contributed by atoms with van der Waals surface area (Å²) in [5.41, 5.74) is 3.89. The Morgan fingerprint density at radius 1 is 1.23 bits per heavy atom. The number of allylic oxidation sites excluding steroid dienone is 6. The van der Waals surface area contributed by atoms with Gasteiger partial charge in [-0.25, -0.2) is 4.98 Å². The van der Waals surface area contributed by atoms with E-state index < -0.39 is 0 Å². The first-order chi connectivity index (χ1) is 12.6. The Hall–Kier alpha value is -3.41. The molecule has 3 aromatic rings. The standard InChI is InChI=1S/C20H21N5O/c1-4-6-8-14(7-5-2)19-23-16-10-9-15(13-17(16)24-19)22-20(26)18-11-12-21-25(18)3/h4-13H,1-3H3,(H,22,26)(H,23,24)/b6-4-,7-5-,14-8+. The highest BCUT2D eigenvalue weighted by Gasteiger charge is 2.11. The van der Waals surface area contributed by atoms with Gasteiger partial charge in [0.25, 0.3) is 5.91 Å². The van der Waals surface area contributed by atoms with E-state index in [0.29, 0.717) is 11.4 Å². The summed E-state index contributed by atoms with van der Waals surface area (Å²) >= 11 is 0. The van der Waals surface area contributed by atoms with Crippen LogP contribution in [0.25, 0.3) is 16.6 Å². The molecule has 2 heterocycles. The van der Waals surface area contributed by atoms with Gasteiger partial charge >= 0.3 is 0 Å². The molecule has 0 radical (unpaired) electrons. The SMILES string of the molecule is C\C=C/C=C(\C=C/C)c1nc2ccc(NC(=O)c3ccnn3C)cc2[nH]1. The summed E-state index contributed by atoms with van der Waals surface area (Å²) in [6.45, 7) is 3.94. The van der Waals surface area contributed by atoms with Crippen LogP contribution in [0, 0.1) is 0 Å². The lowest BCUT2D eigenvalue weighted by molar-refractivity contribution is 0.101. The molecule has 0 aliphatic carbocycles. The van der Waals surface area contributed by atoms with E-state index in [9.17, 15) is 4.79 Å². The van der Waals surface area contributed by atoms with Crippen LogP contribution in [0.4, 0.5) is 5.69 Å². The number of aromatic nitrogens is 4. The molecule has 0 atom stereocenters. The van der Waals surface area contributed by atoms with Crippen molar-refractivity contribution in [3.8, 4) is 0 Å². The third-order valence-electron chi connectivity index (χ3n) is 3.88. The predicted octanol–water partition coefficient (Wildman–Crippen LogP) is 4.08. The minimum Gasteiger partial charge on any atom is -0.338 e. The van der Waals surface area contributed by atoms with Gasteiger partial charge in [-0.15, -0.1) is 0 Å². The molecule has 1 aromatic carbocycles. The lowest BCUT2D eigenvalue weighted by Gasteiger charge is -2.05. The van der Waals surface area contributed by atoms with Gasteiger partial charge in [0, 0.05) is 24.5 Å². The van der Waals surface area contributed by atoms with E-state index in [1.165, 1.54) is 4.68 Å². The summed E-state index contributed by atoms with van der Waals surface area (Å²) in [4.78, 5) is 20.3. The van der Waals surface area contributed by atoms with Gasteiger partial charge in [-0.1, -0.05) is 30.4 Å². The average Bonchev–Trinajstić information content (AvgIpc) is 3.24.